The first kappa shape index (κ1) is 10.5. The predicted octanol–water partition coefficient (Wildman–Crippen LogP) is 2.48. The van der Waals surface area contributed by atoms with Crippen molar-refractivity contribution >= 4 is 0 Å². The van der Waals surface area contributed by atoms with Crippen molar-refractivity contribution in [3.05, 3.63) is 53.2 Å². The minimum absolute atomic E-state index is 0.255. The molecule has 0 saturated heterocycles. The van der Waals surface area contributed by atoms with Gasteiger partial charge in [0.2, 0.25) is 0 Å². The number of hydrogen-bond donors (Lipinski definition) is 1. The molecule has 2 N–H and O–H groups in total. The fourth-order valence-electron chi connectivity index (χ4n) is 2.38. The van der Waals surface area contributed by atoms with Gasteiger partial charge in [-0.15, -0.1) is 0 Å². The SMILES string of the molecule is Cc1ccc(-c2ccc3c(n2)CC(N)C3)cc1. The Morgan fingerprint density at radius 3 is 2.59 bits per heavy atom. The zero-order chi connectivity index (χ0) is 11.8. The van der Waals surface area contributed by atoms with Crippen LogP contribution in [-0.4, -0.2) is 11.0 Å². The van der Waals surface area contributed by atoms with Crippen molar-refractivity contribution in [2.45, 2.75) is 25.8 Å². The lowest BCUT2D eigenvalue weighted by Gasteiger charge is -2.04. The molecule has 86 valence electrons. The molecule has 1 aromatic carbocycles. The lowest BCUT2D eigenvalue weighted by atomic mass is 10.1. The fourth-order valence-corrected chi connectivity index (χ4v) is 2.38. The summed E-state index contributed by atoms with van der Waals surface area (Å²) in [5, 5.41) is 0. The van der Waals surface area contributed by atoms with E-state index in [9.17, 15) is 0 Å². The summed E-state index contributed by atoms with van der Waals surface area (Å²) in [7, 11) is 0. The summed E-state index contributed by atoms with van der Waals surface area (Å²) >= 11 is 0. The van der Waals surface area contributed by atoms with E-state index in [-0.39, 0.29) is 6.04 Å². The maximum Gasteiger partial charge on any atom is 0.0705 e. The van der Waals surface area contributed by atoms with E-state index >= 15 is 0 Å². The zero-order valence-corrected chi connectivity index (χ0v) is 9.98. The summed E-state index contributed by atoms with van der Waals surface area (Å²) in [6.45, 7) is 2.10. The molecular formula is C15H16N2. The number of aryl methyl sites for hydroxylation is 1. The molecule has 1 unspecified atom stereocenters. The highest BCUT2D eigenvalue weighted by molar-refractivity contribution is 5.60. The van der Waals surface area contributed by atoms with Gasteiger partial charge >= 0.3 is 0 Å². The van der Waals surface area contributed by atoms with Gasteiger partial charge in [-0.3, -0.25) is 4.98 Å². The van der Waals surface area contributed by atoms with Crippen LogP contribution in [-0.2, 0) is 12.8 Å². The topological polar surface area (TPSA) is 38.9 Å². The van der Waals surface area contributed by atoms with Gasteiger partial charge in [0, 0.05) is 23.7 Å². The predicted molar refractivity (Wildman–Crippen MR) is 69.8 cm³/mol. The summed E-state index contributed by atoms with van der Waals surface area (Å²) in [6.07, 6.45) is 1.88. The molecule has 3 rings (SSSR count). The van der Waals surface area contributed by atoms with E-state index in [1.54, 1.807) is 0 Å². The average Bonchev–Trinajstić information content (AvgIpc) is 2.69. The van der Waals surface area contributed by atoms with Crippen LogP contribution in [0.4, 0.5) is 0 Å². The normalized spacial score (nSPS) is 18.1. The minimum Gasteiger partial charge on any atom is -0.327 e. The van der Waals surface area contributed by atoms with Crippen LogP contribution in [0, 0.1) is 6.92 Å². The number of aromatic nitrogens is 1. The van der Waals surface area contributed by atoms with Crippen LogP contribution in [0.2, 0.25) is 0 Å². The molecule has 1 heterocycles. The molecule has 2 aromatic rings. The summed E-state index contributed by atoms with van der Waals surface area (Å²) in [5.74, 6) is 0. The van der Waals surface area contributed by atoms with Crippen molar-refractivity contribution in [3.8, 4) is 11.3 Å². The van der Waals surface area contributed by atoms with Gasteiger partial charge < -0.3 is 5.73 Å². The molecule has 0 aliphatic heterocycles. The smallest absolute Gasteiger partial charge is 0.0705 e. The first-order chi connectivity index (χ1) is 8.22. The Morgan fingerprint density at radius 1 is 1.06 bits per heavy atom. The highest BCUT2D eigenvalue weighted by Crippen LogP contribution is 2.24. The summed E-state index contributed by atoms with van der Waals surface area (Å²) in [4.78, 5) is 4.72. The fraction of sp³-hybridized carbons (Fsp3) is 0.267. The van der Waals surface area contributed by atoms with Crippen molar-refractivity contribution in [3.63, 3.8) is 0 Å². The van der Waals surface area contributed by atoms with Crippen LogP contribution >= 0.6 is 0 Å². The number of rotatable bonds is 1. The monoisotopic (exact) mass is 224 g/mol. The van der Waals surface area contributed by atoms with E-state index in [1.165, 1.54) is 22.4 Å². The lowest BCUT2D eigenvalue weighted by molar-refractivity contribution is 0.716. The summed E-state index contributed by atoms with van der Waals surface area (Å²) < 4.78 is 0. The van der Waals surface area contributed by atoms with Gasteiger partial charge in [-0.2, -0.15) is 0 Å². The van der Waals surface area contributed by atoms with E-state index in [1.807, 2.05) is 0 Å². The van der Waals surface area contributed by atoms with Crippen LogP contribution in [0.1, 0.15) is 16.8 Å². The van der Waals surface area contributed by atoms with Gasteiger partial charge in [0.1, 0.15) is 0 Å². The Labute approximate surface area is 102 Å². The molecule has 1 atom stereocenters. The molecule has 2 heteroatoms. The van der Waals surface area contributed by atoms with Crippen LogP contribution < -0.4 is 5.73 Å². The number of hydrogen-bond acceptors (Lipinski definition) is 2. The maximum atomic E-state index is 5.95. The van der Waals surface area contributed by atoms with Crippen LogP contribution in [0.25, 0.3) is 11.3 Å². The second-order valence-corrected chi connectivity index (χ2v) is 4.84. The molecule has 0 saturated carbocycles. The molecular weight excluding hydrogens is 208 g/mol. The van der Waals surface area contributed by atoms with E-state index in [0.717, 1.165) is 18.5 Å². The summed E-state index contributed by atoms with van der Waals surface area (Å²) in [6, 6.07) is 13.0. The van der Waals surface area contributed by atoms with Crippen molar-refractivity contribution in [2.75, 3.05) is 0 Å². The Balaban J connectivity index is 2.00. The second kappa shape index (κ2) is 3.97. The third-order valence-corrected chi connectivity index (χ3v) is 3.35. The summed E-state index contributed by atoms with van der Waals surface area (Å²) in [5.41, 5.74) is 12.0. The van der Waals surface area contributed by atoms with Gasteiger partial charge in [0.25, 0.3) is 0 Å². The van der Waals surface area contributed by atoms with E-state index in [2.05, 4.69) is 43.3 Å². The number of pyridine rings is 1. The Morgan fingerprint density at radius 2 is 1.82 bits per heavy atom. The first-order valence-electron chi connectivity index (χ1n) is 6.04. The Hall–Kier alpha value is -1.67. The number of benzene rings is 1. The molecule has 0 fully saturated rings. The van der Waals surface area contributed by atoms with Crippen molar-refractivity contribution < 1.29 is 0 Å². The average molecular weight is 224 g/mol. The molecule has 0 bridgehead atoms. The molecule has 1 aliphatic rings. The van der Waals surface area contributed by atoms with Crippen molar-refractivity contribution in [2.24, 2.45) is 5.73 Å². The van der Waals surface area contributed by atoms with Crippen molar-refractivity contribution in [1.82, 2.24) is 4.98 Å². The van der Waals surface area contributed by atoms with Gasteiger partial charge in [-0.25, -0.2) is 0 Å². The zero-order valence-electron chi connectivity index (χ0n) is 9.98. The number of nitrogens with zero attached hydrogens (tertiary/aromatic N) is 1. The van der Waals surface area contributed by atoms with Gasteiger partial charge in [-0.05, 0) is 25.0 Å². The number of fused-ring (bicyclic) bond motifs is 1. The van der Waals surface area contributed by atoms with Crippen molar-refractivity contribution in [1.29, 1.82) is 0 Å². The quantitative estimate of drug-likeness (QED) is 0.808. The molecule has 0 radical (unpaired) electrons. The van der Waals surface area contributed by atoms with E-state index < -0.39 is 0 Å². The first-order valence-corrected chi connectivity index (χ1v) is 6.04. The minimum atomic E-state index is 0.255. The molecule has 17 heavy (non-hydrogen) atoms. The lowest BCUT2D eigenvalue weighted by Crippen LogP contribution is -2.19. The third-order valence-electron chi connectivity index (χ3n) is 3.35. The Bertz CT molecular complexity index is 543. The number of nitrogens with two attached hydrogens (primary N) is 1. The van der Waals surface area contributed by atoms with Gasteiger partial charge in [0.05, 0.1) is 5.69 Å². The third kappa shape index (κ3) is 1.96. The second-order valence-electron chi connectivity index (χ2n) is 4.84. The molecule has 0 spiro atoms. The van der Waals surface area contributed by atoms with E-state index in [0.29, 0.717) is 0 Å². The van der Waals surface area contributed by atoms with Gasteiger partial charge in [0.15, 0.2) is 0 Å². The Kier molecular flexibility index (Phi) is 2.45. The molecule has 1 aromatic heterocycles. The standard InChI is InChI=1S/C15H16N2/c1-10-2-4-11(5-3-10)14-7-6-12-8-13(16)9-15(12)17-14/h2-7,13H,8-9,16H2,1H3. The van der Waals surface area contributed by atoms with Crippen LogP contribution in [0.5, 0.6) is 0 Å². The van der Waals surface area contributed by atoms with Crippen LogP contribution in [0.15, 0.2) is 36.4 Å². The molecule has 1 aliphatic carbocycles. The highest BCUT2D eigenvalue weighted by Gasteiger charge is 2.19. The van der Waals surface area contributed by atoms with Crippen LogP contribution in [0.3, 0.4) is 0 Å². The molecule has 2 nitrogen and oxygen atoms in total. The largest absolute Gasteiger partial charge is 0.327 e. The maximum absolute atomic E-state index is 5.95. The van der Waals surface area contributed by atoms with E-state index in [4.69, 9.17) is 10.7 Å². The highest BCUT2D eigenvalue weighted by atomic mass is 14.8. The molecule has 0 amide bonds. The van der Waals surface area contributed by atoms with Gasteiger partial charge in [-0.1, -0.05) is 35.9 Å².